The zero-order valence-corrected chi connectivity index (χ0v) is 7.25. The molecule has 0 unspecified atom stereocenters. The normalized spacial score (nSPS) is 10.8. The fourth-order valence-electron chi connectivity index (χ4n) is 0.546. The van der Waals surface area contributed by atoms with E-state index in [1.165, 1.54) is 0 Å². The molecule has 0 saturated heterocycles. The molecule has 0 aliphatic heterocycles. The Kier molecular flexibility index (Phi) is 2.73. The van der Waals surface area contributed by atoms with Crippen LogP contribution >= 0.6 is 27.5 Å². The largest absolute Gasteiger partial charge is 0.281 e. The fourth-order valence-corrected chi connectivity index (χ4v) is 1.90. The molecular formula is C5H4BrF2NS. The minimum Gasteiger partial charge on any atom is -0.203 e. The molecule has 0 bridgehead atoms. The van der Waals surface area contributed by atoms with Crippen molar-refractivity contribution < 1.29 is 8.78 Å². The summed E-state index contributed by atoms with van der Waals surface area (Å²) in [5, 5.41) is 2.07. The highest BCUT2D eigenvalue weighted by atomic mass is 79.9. The quantitative estimate of drug-likeness (QED) is 0.709. The summed E-state index contributed by atoms with van der Waals surface area (Å²) >= 11 is 4.15. The van der Waals surface area contributed by atoms with Crippen LogP contribution in [0.15, 0.2) is 5.38 Å². The first-order chi connectivity index (χ1) is 4.75. The molecule has 1 heterocycles. The van der Waals surface area contributed by atoms with E-state index in [4.69, 9.17) is 0 Å². The molecule has 1 aromatic heterocycles. The molecular weight excluding hydrogens is 224 g/mol. The molecule has 5 heteroatoms. The van der Waals surface area contributed by atoms with E-state index in [9.17, 15) is 8.78 Å². The van der Waals surface area contributed by atoms with E-state index in [2.05, 4.69) is 20.3 Å². The van der Waals surface area contributed by atoms with Crippen LogP contribution in [0, 0.1) is 0 Å². The highest BCUT2D eigenvalue weighted by molar-refractivity contribution is 9.08. The lowest BCUT2D eigenvalue weighted by Gasteiger charge is -1.94. The van der Waals surface area contributed by atoms with Gasteiger partial charge in [-0.05, 0) is 11.5 Å². The third kappa shape index (κ3) is 1.52. The molecule has 56 valence electrons. The van der Waals surface area contributed by atoms with Gasteiger partial charge in [-0.25, -0.2) is 8.78 Å². The average molecular weight is 228 g/mol. The Morgan fingerprint density at radius 3 is 2.80 bits per heavy atom. The van der Waals surface area contributed by atoms with Gasteiger partial charge in [0.1, 0.15) is 5.69 Å². The van der Waals surface area contributed by atoms with Crippen LogP contribution < -0.4 is 0 Å². The highest BCUT2D eigenvalue weighted by Gasteiger charge is 2.14. The number of halogens is 3. The molecule has 0 spiro atoms. The summed E-state index contributed by atoms with van der Waals surface area (Å²) in [5.74, 6) is 0. The molecule has 0 aliphatic rings. The lowest BCUT2D eigenvalue weighted by molar-refractivity contribution is 0.146. The molecule has 0 radical (unpaired) electrons. The van der Waals surface area contributed by atoms with Crippen LogP contribution in [0.4, 0.5) is 8.78 Å². The lowest BCUT2D eigenvalue weighted by atomic mass is 10.3. The second-order valence-electron chi connectivity index (χ2n) is 1.66. The summed E-state index contributed by atoms with van der Waals surface area (Å²) in [6.45, 7) is 0. The topological polar surface area (TPSA) is 12.9 Å². The Morgan fingerprint density at radius 1 is 1.70 bits per heavy atom. The number of hydrogen-bond donors (Lipinski definition) is 0. The van der Waals surface area contributed by atoms with Crippen molar-refractivity contribution in [3.63, 3.8) is 0 Å². The van der Waals surface area contributed by atoms with E-state index in [0.29, 0.717) is 10.9 Å². The zero-order valence-electron chi connectivity index (χ0n) is 4.85. The van der Waals surface area contributed by atoms with Crippen LogP contribution in [0.5, 0.6) is 0 Å². The molecule has 0 N–H and O–H groups in total. The summed E-state index contributed by atoms with van der Waals surface area (Å²) in [5.41, 5.74) is 0.488. The van der Waals surface area contributed by atoms with E-state index < -0.39 is 6.43 Å². The van der Waals surface area contributed by atoms with Crippen LogP contribution in [0.1, 0.15) is 17.7 Å². The Balaban J connectivity index is 2.90. The van der Waals surface area contributed by atoms with Crippen molar-refractivity contribution in [1.82, 2.24) is 4.37 Å². The van der Waals surface area contributed by atoms with Gasteiger partial charge in [0.05, 0.1) is 0 Å². The maximum atomic E-state index is 12.0. The van der Waals surface area contributed by atoms with Crippen LogP contribution in [-0.4, -0.2) is 4.37 Å². The molecule has 1 aromatic rings. The van der Waals surface area contributed by atoms with E-state index >= 15 is 0 Å². The van der Waals surface area contributed by atoms with E-state index in [-0.39, 0.29) is 5.69 Å². The maximum absolute atomic E-state index is 12.0. The van der Waals surface area contributed by atoms with Crippen LogP contribution in [0.2, 0.25) is 0 Å². The Bertz CT molecular complexity index is 213. The van der Waals surface area contributed by atoms with E-state index in [1.807, 2.05) is 0 Å². The van der Waals surface area contributed by atoms with Crippen molar-refractivity contribution in [1.29, 1.82) is 0 Å². The highest BCUT2D eigenvalue weighted by Crippen LogP contribution is 2.24. The third-order valence-electron chi connectivity index (χ3n) is 1.03. The molecule has 0 amide bonds. The van der Waals surface area contributed by atoms with Gasteiger partial charge in [0, 0.05) is 16.3 Å². The van der Waals surface area contributed by atoms with Gasteiger partial charge in [-0.2, -0.15) is 4.37 Å². The average Bonchev–Trinajstić information content (AvgIpc) is 2.33. The predicted molar refractivity (Wildman–Crippen MR) is 39.7 cm³/mol. The molecule has 1 nitrogen and oxygen atoms in total. The number of hydrogen-bond acceptors (Lipinski definition) is 2. The Labute approximate surface area is 69.4 Å². The van der Waals surface area contributed by atoms with Crippen LogP contribution in [0.3, 0.4) is 0 Å². The predicted octanol–water partition coefficient (Wildman–Crippen LogP) is 2.98. The first kappa shape index (κ1) is 8.07. The fraction of sp³-hybridized carbons (Fsp3) is 0.400. The van der Waals surface area contributed by atoms with Gasteiger partial charge in [-0.1, -0.05) is 15.9 Å². The summed E-state index contributed by atoms with van der Waals surface area (Å²) < 4.78 is 27.5. The van der Waals surface area contributed by atoms with Gasteiger partial charge < -0.3 is 0 Å². The van der Waals surface area contributed by atoms with Crippen molar-refractivity contribution in [2.24, 2.45) is 0 Å². The molecule has 10 heavy (non-hydrogen) atoms. The minimum absolute atomic E-state index is 0.0955. The van der Waals surface area contributed by atoms with Crippen LogP contribution in [-0.2, 0) is 5.33 Å². The van der Waals surface area contributed by atoms with Crippen molar-refractivity contribution in [2.75, 3.05) is 0 Å². The Hall–Kier alpha value is -0.0300. The van der Waals surface area contributed by atoms with Crippen molar-refractivity contribution in [3.8, 4) is 0 Å². The number of nitrogens with zero attached hydrogens (tertiary/aromatic N) is 1. The Morgan fingerprint density at radius 2 is 2.40 bits per heavy atom. The van der Waals surface area contributed by atoms with Gasteiger partial charge in [0.2, 0.25) is 0 Å². The lowest BCUT2D eigenvalue weighted by Crippen LogP contribution is -1.87. The van der Waals surface area contributed by atoms with Crippen molar-refractivity contribution in [3.05, 3.63) is 16.6 Å². The van der Waals surface area contributed by atoms with Gasteiger partial charge in [-0.15, -0.1) is 0 Å². The molecule has 0 saturated carbocycles. The van der Waals surface area contributed by atoms with Gasteiger partial charge in [0.15, 0.2) is 0 Å². The van der Waals surface area contributed by atoms with Crippen molar-refractivity contribution >= 4 is 27.5 Å². The number of aromatic nitrogens is 1. The minimum atomic E-state index is -2.45. The van der Waals surface area contributed by atoms with Gasteiger partial charge in [0.25, 0.3) is 6.43 Å². The van der Waals surface area contributed by atoms with Gasteiger partial charge >= 0.3 is 0 Å². The first-order valence-electron chi connectivity index (χ1n) is 2.53. The summed E-state index contributed by atoms with van der Waals surface area (Å²) in [6, 6.07) is 0. The second kappa shape index (κ2) is 3.39. The molecule has 0 fully saturated rings. The smallest absolute Gasteiger partial charge is 0.203 e. The molecule has 0 aromatic carbocycles. The zero-order chi connectivity index (χ0) is 7.56. The van der Waals surface area contributed by atoms with Crippen LogP contribution in [0.25, 0.3) is 0 Å². The van der Waals surface area contributed by atoms with E-state index in [0.717, 1.165) is 11.5 Å². The number of alkyl halides is 3. The second-order valence-corrected chi connectivity index (χ2v) is 2.85. The number of rotatable bonds is 2. The first-order valence-corrected chi connectivity index (χ1v) is 4.48. The SMILES string of the molecule is FC(F)c1nscc1CBr. The van der Waals surface area contributed by atoms with E-state index in [1.54, 1.807) is 5.38 Å². The molecule has 1 rings (SSSR count). The summed E-state index contributed by atoms with van der Waals surface area (Å²) in [4.78, 5) is 0. The third-order valence-corrected chi connectivity index (χ3v) is 2.32. The van der Waals surface area contributed by atoms with Gasteiger partial charge in [-0.3, -0.25) is 0 Å². The van der Waals surface area contributed by atoms with Crippen molar-refractivity contribution in [2.45, 2.75) is 11.8 Å². The molecule has 0 aliphatic carbocycles. The molecule has 0 atom stereocenters. The standard InChI is InChI=1S/C5H4BrF2NS/c6-1-3-2-10-9-4(3)5(7)8/h2,5H,1H2. The summed E-state index contributed by atoms with van der Waals surface area (Å²) in [7, 11) is 0. The maximum Gasteiger partial charge on any atom is 0.281 e. The monoisotopic (exact) mass is 227 g/mol. The summed E-state index contributed by atoms with van der Waals surface area (Å²) in [6.07, 6.45) is -2.45.